The molecule has 0 fully saturated rings. The van der Waals surface area contributed by atoms with Crippen LogP contribution in [0.2, 0.25) is 18.6 Å². The minimum Gasteiger partial charge on any atom is -0.465 e. The van der Waals surface area contributed by atoms with Gasteiger partial charge in [-0.25, -0.2) is 0 Å². The summed E-state index contributed by atoms with van der Waals surface area (Å²) in [6, 6.07) is 8.81. The Morgan fingerprint density at radius 1 is 0.695 bits per heavy atom. The lowest BCUT2D eigenvalue weighted by molar-refractivity contribution is -0.157. The predicted molar refractivity (Wildman–Crippen MR) is 238 cm³/mol. The molecule has 0 N–H and O–H groups in total. The highest BCUT2D eigenvalue weighted by Crippen LogP contribution is 2.33. The monoisotopic (exact) mass is 994 g/mol. The third-order valence-corrected chi connectivity index (χ3v) is 16.6. The zero-order valence-corrected chi connectivity index (χ0v) is 41.6. The van der Waals surface area contributed by atoms with Crippen molar-refractivity contribution in [3.63, 3.8) is 0 Å². The van der Waals surface area contributed by atoms with E-state index in [0.717, 1.165) is 48.6 Å². The molecule has 0 aliphatic heterocycles. The van der Waals surface area contributed by atoms with E-state index in [2.05, 4.69) is 31.9 Å². The van der Waals surface area contributed by atoms with Crippen molar-refractivity contribution in [2.45, 2.75) is 139 Å². The van der Waals surface area contributed by atoms with Crippen LogP contribution in [0, 0.1) is 11.8 Å². The molecule has 0 radical (unpaired) electrons. The van der Waals surface area contributed by atoms with E-state index >= 15 is 0 Å². The Hall–Kier alpha value is -2.29. The van der Waals surface area contributed by atoms with Gasteiger partial charge in [-0.05, 0) is 105 Å². The second-order valence-corrected chi connectivity index (χ2v) is 26.1. The molecule has 0 bridgehead atoms. The standard InChI is InChI=1S/C42H68Br2O13Si2/c1-9-11-24-54-38(48)35(29-41(3,43)40(50)56-26-14-28-59(51-5,52-6)53-7)22-20-33-16-18-34(19-17-33)21-23-36(39(49)55-25-12-10-2)30-42(4,44)57-37(47)15-13-27-58(8,31-45)32-46/h16-19,31-32,35-36H,9-15,20-30H2,1-8H3. The molecule has 4 unspecified atom stereocenters. The van der Waals surface area contributed by atoms with Gasteiger partial charge in [0, 0.05) is 40.2 Å². The van der Waals surface area contributed by atoms with Crippen LogP contribution in [0.5, 0.6) is 0 Å². The molecule has 4 atom stereocenters. The number of carbonyl (C=O) groups excluding carboxylic acids is 6. The summed E-state index contributed by atoms with van der Waals surface area (Å²) in [5, 5.41) is 0. The Morgan fingerprint density at radius 2 is 1.15 bits per heavy atom. The van der Waals surface area contributed by atoms with Crippen molar-refractivity contribution in [1.82, 2.24) is 0 Å². The van der Waals surface area contributed by atoms with Crippen molar-refractivity contribution in [2.75, 3.05) is 41.2 Å². The number of hydrogen-bond acceptors (Lipinski definition) is 13. The molecule has 0 aromatic heterocycles. The lowest BCUT2D eigenvalue weighted by atomic mass is 9.89. The molecule has 1 rings (SSSR count). The summed E-state index contributed by atoms with van der Waals surface area (Å²) in [5.74, 6) is -1.37. The number of halogens is 2. The molecule has 17 heteroatoms. The topological polar surface area (TPSA) is 167 Å². The highest BCUT2D eigenvalue weighted by atomic mass is 79.9. The first-order valence-corrected chi connectivity index (χ1v) is 27.0. The lowest BCUT2D eigenvalue weighted by Crippen LogP contribution is -2.43. The van der Waals surface area contributed by atoms with Gasteiger partial charge in [-0.1, -0.05) is 73.4 Å². The first-order valence-electron chi connectivity index (χ1n) is 20.6. The van der Waals surface area contributed by atoms with E-state index < -0.39 is 49.5 Å². The van der Waals surface area contributed by atoms with Crippen molar-refractivity contribution in [3.8, 4) is 0 Å². The smallest absolute Gasteiger partial charge is 0.465 e. The Kier molecular flexibility index (Phi) is 26.3. The molecule has 0 aliphatic carbocycles. The Morgan fingerprint density at radius 3 is 1.59 bits per heavy atom. The molecule has 0 spiro atoms. The number of esters is 4. The molecule has 1 aromatic carbocycles. The average molecular weight is 997 g/mol. The van der Waals surface area contributed by atoms with Gasteiger partial charge in [0.1, 0.15) is 16.1 Å². The zero-order chi connectivity index (χ0) is 44.5. The molecule has 59 heavy (non-hydrogen) atoms. The molecule has 0 saturated carbocycles. The average Bonchev–Trinajstić information content (AvgIpc) is 3.21. The fourth-order valence-electron chi connectivity index (χ4n) is 6.27. The summed E-state index contributed by atoms with van der Waals surface area (Å²) in [7, 11) is -0.860. The van der Waals surface area contributed by atoms with Crippen LogP contribution >= 0.6 is 31.9 Å². The number of hydrogen-bond donors (Lipinski definition) is 0. The first-order chi connectivity index (χ1) is 27.9. The molecular formula is C42H68Br2O13Si2. The number of alkyl halides is 2. The van der Waals surface area contributed by atoms with Gasteiger partial charge < -0.3 is 41.8 Å². The minimum absolute atomic E-state index is 0.0504. The normalized spacial score (nSPS) is 14.9. The highest BCUT2D eigenvalue weighted by Gasteiger charge is 2.40. The maximum Gasteiger partial charge on any atom is 0.500 e. The van der Waals surface area contributed by atoms with Crippen LogP contribution in [0.15, 0.2) is 24.3 Å². The number of ether oxygens (including phenoxy) is 4. The summed E-state index contributed by atoms with van der Waals surface area (Å²) in [6.45, 7) is 9.84. The number of carbonyl (C=O) groups is 6. The van der Waals surface area contributed by atoms with Crippen molar-refractivity contribution in [1.29, 1.82) is 0 Å². The van der Waals surface area contributed by atoms with Crippen molar-refractivity contribution >= 4 is 84.4 Å². The molecule has 0 amide bonds. The summed E-state index contributed by atoms with van der Waals surface area (Å²) in [6.07, 6.45) is 6.53. The summed E-state index contributed by atoms with van der Waals surface area (Å²) >= 11 is 7.06. The van der Waals surface area contributed by atoms with Crippen LogP contribution in [0.3, 0.4) is 0 Å². The van der Waals surface area contributed by atoms with Crippen LogP contribution in [-0.2, 0) is 73.8 Å². The van der Waals surface area contributed by atoms with Gasteiger partial charge in [0.2, 0.25) is 0 Å². The second-order valence-electron chi connectivity index (χ2n) is 15.6. The molecule has 1 aromatic rings. The third-order valence-electron chi connectivity index (χ3n) is 10.2. The van der Waals surface area contributed by atoms with E-state index in [-0.39, 0.29) is 37.8 Å². The molecule has 336 valence electrons. The maximum atomic E-state index is 13.3. The van der Waals surface area contributed by atoms with Gasteiger partial charge in [-0.15, -0.1) is 0 Å². The van der Waals surface area contributed by atoms with E-state index in [9.17, 15) is 28.8 Å². The van der Waals surface area contributed by atoms with Crippen LogP contribution in [0.1, 0.15) is 109 Å². The van der Waals surface area contributed by atoms with Crippen molar-refractivity contribution in [2.24, 2.45) is 11.8 Å². The summed E-state index contributed by atoms with van der Waals surface area (Å²) in [4.78, 5) is 75.0. The van der Waals surface area contributed by atoms with Gasteiger partial charge in [-0.2, -0.15) is 0 Å². The van der Waals surface area contributed by atoms with Crippen LogP contribution in [0.25, 0.3) is 0 Å². The van der Waals surface area contributed by atoms with Crippen molar-refractivity contribution < 1.29 is 61.0 Å². The van der Waals surface area contributed by atoms with E-state index in [4.69, 9.17) is 32.2 Å². The Bertz CT molecular complexity index is 1420. The van der Waals surface area contributed by atoms with Gasteiger partial charge in [0.05, 0.1) is 31.7 Å². The molecule has 0 saturated heterocycles. The lowest BCUT2D eigenvalue weighted by Gasteiger charge is -2.27. The number of aryl methyl sites for hydroxylation is 2. The predicted octanol–water partition coefficient (Wildman–Crippen LogP) is 8.27. The quantitative estimate of drug-likeness (QED) is 0.0165. The second kappa shape index (κ2) is 28.3. The van der Waals surface area contributed by atoms with Gasteiger partial charge in [0.25, 0.3) is 0 Å². The van der Waals surface area contributed by atoms with Gasteiger partial charge in [0.15, 0.2) is 12.6 Å². The van der Waals surface area contributed by atoms with E-state index in [1.807, 2.05) is 38.1 Å². The molecule has 0 aliphatic rings. The minimum atomic E-state index is -2.80. The molecule has 13 nitrogen and oxygen atoms in total. The maximum absolute atomic E-state index is 13.3. The largest absolute Gasteiger partial charge is 0.500 e. The first kappa shape index (κ1) is 54.7. The van der Waals surface area contributed by atoms with E-state index in [1.165, 1.54) is 21.3 Å². The van der Waals surface area contributed by atoms with Crippen LogP contribution < -0.4 is 0 Å². The number of benzene rings is 1. The van der Waals surface area contributed by atoms with E-state index in [0.29, 0.717) is 63.8 Å². The number of rotatable bonds is 33. The third kappa shape index (κ3) is 21.4. The highest BCUT2D eigenvalue weighted by molar-refractivity contribution is 9.10. The van der Waals surface area contributed by atoms with Gasteiger partial charge >= 0.3 is 32.7 Å². The van der Waals surface area contributed by atoms with Crippen LogP contribution in [0.4, 0.5) is 0 Å². The summed E-state index contributed by atoms with van der Waals surface area (Å²) < 4.78 is 36.6. The number of unbranched alkanes of at least 4 members (excludes halogenated alkanes) is 2. The summed E-state index contributed by atoms with van der Waals surface area (Å²) in [5.41, 5.74) is 2.00. The van der Waals surface area contributed by atoms with Crippen LogP contribution in [-0.4, -0.2) is 103 Å². The fraction of sp³-hybridized carbons (Fsp3) is 0.714. The molecular weight excluding hydrogens is 928 g/mol. The van der Waals surface area contributed by atoms with E-state index in [1.54, 1.807) is 20.4 Å². The Balaban J connectivity index is 2.96. The zero-order valence-electron chi connectivity index (χ0n) is 36.4. The SMILES string of the molecule is CCCCOC(=O)C(CCc1ccc(CCC(CC(C)(Br)C(=O)OCCC[Si](OC)(OC)OC)C(=O)OCCCC)cc1)CC(C)(Br)OC(=O)CCC[Si](C)(C=O)C=O. The van der Waals surface area contributed by atoms with Gasteiger partial charge in [-0.3, -0.25) is 19.2 Å². The Labute approximate surface area is 370 Å². The fourth-order valence-corrected chi connectivity index (χ4v) is 10.3. The van der Waals surface area contributed by atoms with Crippen molar-refractivity contribution in [3.05, 3.63) is 35.4 Å². The molecule has 0 heterocycles.